The Balaban J connectivity index is 1.88. The number of aliphatic hydroxyl groups excluding tert-OH is 1. The van der Waals surface area contributed by atoms with E-state index in [2.05, 4.69) is 0 Å². The van der Waals surface area contributed by atoms with E-state index in [9.17, 15) is 9.59 Å². The predicted molar refractivity (Wildman–Crippen MR) is 83.4 cm³/mol. The largest absolute Gasteiger partial charge is 0.394 e. The van der Waals surface area contributed by atoms with Gasteiger partial charge in [-0.15, -0.1) is 0 Å². The maximum Gasteiger partial charge on any atom is 0.241 e. The van der Waals surface area contributed by atoms with Crippen LogP contribution in [0.1, 0.15) is 5.56 Å². The molecule has 1 saturated heterocycles. The van der Waals surface area contributed by atoms with Crippen LogP contribution in [0.15, 0.2) is 24.3 Å². The molecule has 0 aliphatic carbocycles. The molecule has 2 amide bonds. The molecule has 3 N–H and O–H groups in total. The standard InChI is InChI=1S/C15H20ClN3O3/c16-12-4-2-1-3-11(12)9-14(21)18-5-7-19(8-6-18)15(22)13(17)10-20/h1-4,13,20H,5-10,17H2. The quantitative estimate of drug-likeness (QED) is 0.807. The normalized spacial score (nSPS) is 16.5. The van der Waals surface area contributed by atoms with Gasteiger partial charge in [-0.2, -0.15) is 0 Å². The first-order valence-corrected chi connectivity index (χ1v) is 7.57. The van der Waals surface area contributed by atoms with Gasteiger partial charge >= 0.3 is 0 Å². The molecule has 1 aliphatic heterocycles. The van der Waals surface area contributed by atoms with Crippen molar-refractivity contribution in [3.63, 3.8) is 0 Å². The van der Waals surface area contributed by atoms with Gasteiger partial charge in [0, 0.05) is 31.2 Å². The molecule has 1 aromatic carbocycles. The molecule has 6 nitrogen and oxygen atoms in total. The summed E-state index contributed by atoms with van der Waals surface area (Å²) in [5, 5.41) is 9.50. The minimum atomic E-state index is -0.884. The average molecular weight is 326 g/mol. The molecule has 1 aliphatic rings. The monoisotopic (exact) mass is 325 g/mol. The Hall–Kier alpha value is -1.63. The van der Waals surface area contributed by atoms with E-state index in [1.807, 2.05) is 18.2 Å². The van der Waals surface area contributed by atoms with Crippen molar-refractivity contribution in [1.29, 1.82) is 0 Å². The molecule has 0 bridgehead atoms. The summed E-state index contributed by atoms with van der Waals surface area (Å²) in [5.74, 6) is -0.285. The molecule has 7 heteroatoms. The lowest BCUT2D eigenvalue weighted by atomic mass is 10.1. The third-order valence-electron chi connectivity index (χ3n) is 3.76. The first-order valence-electron chi connectivity index (χ1n) is 7.19. The lowest BCUT2D eigenvalue weighted by Crippen LogP contribution is -2.55. The molecule has 1 fully saturated rings. The van der Waals surface area contributed by atoms with Crippen LogP contribution in [-0.2, 0) is 16.0 Å². The van der Waals surface area contributed by atoms with E-state index in [0.29, 0.717) is 31.2 Å². The molecule has 0 radical (unpaired) electrons. The van der Waals surface area contributed by atoms with E-state index < -0.39 is 6.04 Å². The summed E-state index contributed by atoms with van der Waals surface area (Å²) in [6.07, 6.45) is 0.254. The fourth-order valence-electron chi connectivity index (χ4n) is 2.41. The lowest BCUT2D eigenvalue weighted by molar-refractivity contribution is -0.140. The Morgan fingerprint density at radius 2 is 1.77 bits per heavy atom. The Morgan fingerprint density at radius 1 is 1.18 bits per heavy atom. The van der Waals surface area contributed by atoms with E-state index in [1.54, 1.807) is 15.9 Å². The Kier molecular flexibility index (Phi) is 5.76. The van der Waals surface area contributed by atoms with Crippen molar-refractivity contribution in [2.75, 3.05) is 32.8 Å². The van der Waals surface area contributed by atoms with E-state index in [0.717, 1.165) is 5.56 Å². The first-order chi connectivity index (χ1) is 10.5. The molecule has 0 spiro atoms. The summed E-state index contributed by atoms with van der Waals surface area (Å²) in [4.78, 5) is 27.5. The van der Waals surface area contributed by atoms with Gasteiger partial charge in [0.1, 0.15) is 6.04 Å². The Morgan fingerprint density at radius 3 is 2.36 bits per heavy atom. The second-order valence-corrected chi connectivity index (χ2v) is 5.67. The number of carbonyl (C=O) groups excluding carboxylic acids is 2. The smallest absolute Gasteiger partial charge is 0.241 e. The van der Waals surface area contributed by atoms with Gasteiger partial charge in [-0.05, 0) is 11.6 Å². The molecule has 0 saturated carbocycles. The number of nitrogens with two attached hydrogens (primary N) is 1. The Bertz CT molecular complexity index is 545. The summed E-state index contributed by atoms with van der Waals surface area (Å²) in [7, 11) is 0. The highest BCUT2D eigenvalue weighted by Gasteiger charge is 2.26. The number of hydrogen-bond acceptors (Lipinski definition) is 4. The van der Waals surface area contributed by atoms with Crippen molar-refractivity contribution in [2.24, 2.45) is 5.73 Å². The summed E-state index contributed by atoms with van der Waals surface area (Å²) in [6, 6.07) is 6.38. The topological polar surface area (TPSA) is 86.9 Å². The Labute approximate surface area is 134 Å². The van der Waals surface area contributed by atoms with Crippen molar-refractivity contribution in [1.82, 2.24) is 9.80 Å². The van der Waals surface area contributed by atoms with Crippen molar-refractivity contribution in [3.8, 4) is 0 Å². The molecule has 120 valence electrons. The van der Waals surface area contributed by atoms with Gasteiger partial charge in [0.05, 0.1) is 13.0 Å². The number of hydrogen-bond donors (Lipinski definition) is 2. The average Bonchev–Trinajstić information content (AvgIpc) is 2.55. The number of nitrogens with zero attached hydrogens (tertiary/aromatic N) is 2. The van der Waals surface area contributed by atoms with Gasteiger partial charge in [0.15, 0.2) is 0 Å². The zero-order chi connectivity index (χ0) is 16.1. The van der Waals surface area contributed by atoms with E-state index in [1.165, 1.54) is 0 Å². The molecule has 22 heavy (non-hydrogen) atoms. The molecular weight excluding hydrogens is 306 g/mol. The van der Waals surface area contributed by atoms with Crippen LogP contribution in [0.4, 0.5) is 0 Å². The highest BCUT2D eigenvalue weighted by atomic mass is 35.5. The van der Waals surface area contributed by atoms with Gasteiger partial charge in [-0.3, -0.25) is 9.59 Å². The van der Waals surface area contributed by atoms with Crippen molar-refractivity contribution < 1.29 is 14.7 Å². The maximum absolute atomic E-state index is 12.3. The molecule has 2 rings (SSSR count). The number of piperazine rings is 1. The van der Waals surface area contributed by atoms with Crippen molar-refractivity contribution in [3.05, 3.63) is 34.9 Å². The molecule has 1 atom stereocenters. The zero-order valence-electron chi connectivity index (χ0n) is 12.2. The van der Waals surface area contributed by atoms with E-state index in [-0.39, 0.29) is 24.8 Å². The fourth-order valence-corrected chi connectivity index (χ4v) is 2.61. The minimum Gasteiger partial charge on any atom is -0.394 e. The van der Waals surface area contributed by atoms with Gasteiger partial charge in [-0.25, -0.2) is 0 Å². The molecule has 1 heterocycles. The third-order valence-corrected chi connectivity index (χ3v) is 4.13. The number of amides is 2. The van der Waals surface area contributed by atoms with Gasteiger partial charge in [0.2, 0.25) is 11.8 Å². The van der Waals surface area contributed by atoms with E-state index >= 15 is 0 Å². The van der Waals surface area contributed by atoms with Crippen LogP contribution >= 0.6 is 11.6 Å². The van der Waals surface area contributed by atoms with Crippen LogP contribution in [0.2, 0.25) is 5.02 Å². The third kappa shape index (κ3) is 3.97. The fraction of sp³-hybridized carbons (Fsp3) is 0.467. The summed E-state index contributed by atoms with van der Waals surface area (Å²) >= 11 is 6.06. The van der Waals surface area contributed by atoms with Crippen molar-refractivity contribution in [2.45, 2.75) is 12.5 Å². The highest BCUT2D eigenvalue weighted by Crippen LogP contribution is 2.16. The van der Waals surface area contributed by atoms with Crippen LogP contribution in [0.3, 0.4) is 0 Å². The molecule has 1 unspecified atom stereocenters. The number of rotatable bonds is 4. The summed E-state index contributed by atoms with van der Waals surface area (Å²) in [5.41, 5.74) is 6.33. The van der Waals surface area contributed by atoms with Crippen LogP contribution in [0.25, 0.3) is 0 Å². The van der Waals surface area contributed by atoms with Gasteiger partial charge in [0.25, 0.3) is 0 Å². The predicted octanol–water partition coefficient (Wildman–Crippen LogP) is -0.127. The van der Waals surface area contributed by atoms with Crippen LogP contribution in [0, 0.1) is 0 Å². The maximum atomic E-state index is 12.3. The summed E-state index contributed by atoms with van der Waals surface area (Å²) in [6.45, 7) is 1.42. The van der Waals surface area contributed by atoms with E-state index in [4.69, 9.17) is 22.4 Å². The minimum absolute atomic E-state index is 0.00773. The number of halogens is 1. The lowest BCUT2D eigenvalue weighted by Gasteiger charge is -2.35. The molecular formula is C15H20ClN3O3. The number of carbonyl (C=O) groups is 2. The zero-order valence-corrected chi connectivity index (χ0v) is 13.0. The SMILES string of the molecule is NC(CO)C(=O)N1CCN(C(=O)Cc2ccccc2Cl)CC1. The highest BCUT2D eigenvalue weighted by molar-refractivity contribution is 6.31. The van der Waals surface area contributed by atoms with Crippen LogP contribution in [-0.4, -0.2) is 65.5 Å². The summed E-state index contributed by atoms with van der Waals surface area (Å²) < 4.78 is 0. The molecule has 1 aromatic rings. The number of aliphatic hydroxyl groups is 1. The van der Waals surface area contributed by atoms with Crippen LogP contribution < -0.4 is 5.73 Å². The van der Waals surface area contributed by atoms with Gasteiger partial charge < -0.3 is 20.6 Å². The van der Waals surface area contributed by atoms with Crippen molar-refractivity contribution >= 4 is 23.4 Å². The number of benzene rings is 1. The second kappa shape index (κ2) is 7.58. The molecule has 0 aromatic heterocycles. The second-order valence-electron chi connectivity index (χ2n) is 5.26. The van der Waals surface area contributed by atoms with Crippen LogP contribution in [0.5, 0.6) is 0 Å². The van der Waals surface area contributed by atoms with Gasteiger partial charge in [-0.1, -0.05) is 29.8 Å². The first kappa shape index (κ1) is 16.7.